The highest BCUT2D eigenvalue weighted by molar-refractivity contribution is 5.91. The summed E-state index contributed by atoms with van der Waals surface area (Å²) in [5.74, 6) is 3.45. The Balaban J connectivity index is 1.29. The lowest BCUT2D eigenvalue weighted by Crippen LogP contribution is -2.15. The number of aromatic nitrogens is 4. The smallest absolute Gasteiger partial charge is 0.228 e. The van der Waals surface area contributed by atoms with Crippen LogP contribution in [0.25, 0.3) is 16.4 Å². The molecule has 0 spiro atoms. The Hall–Kier alpha value is -5.64. The molecule has 0 unspecified atom stereocenters. The Morgan fingerprint density at radius 3 is 2.56 bits per heavy atom. The summed E-state index contributed by atoms with van der Waals surface area (Å²) in [4.78, 5) is 15.1. The summed E-state index contributed by atoms with van der Waals surface area (Å²) < 4.78 is 24.5. The summed E-state index contributed by atoms with van der Waals surface area (Å²) in [5, 5.41) is 10.8. The van der Waals surface area contributed by atoms with Crippen molar-refractivity contribution >= 4 is 22.6 Å². The van der Waals surface area contributed by atoms with Gasteiger partial charge in [-0.15, -0.1) is 5.10 Å². The standard InChI is InChI=1S/C33H27N5O5/c1-39-23-12-8-20(9-13-23)17-35-42-18-28-36-32-30-29(22-11-15-26(40-2)27(16-22)41-3)25-14-10-21-6-4-5-7-24(21)31(25)43-33(30)34-19-38(32)37-28/h4-17,19,29H,18H2,1-3H3/b35-17-/t29-/m1/s1. The van der Waals surface area contributed by atoms with Crippen LogP contribution in [0.5, 0.6) is 28.9 Å². The van der Waals surface area contributed by atoms with E-state index in [1.54, 1.807) is 38.4 Å². The zero-order valence-corrected chi connectivity index (χ0v) is 23.7. The molecule has 0 amide bonds. The van der Waals surface area contributed by atoms with Crippen molar-refractivity contribution in [3.8, 4) is 28.9 Å². The van der Waals surface area contributed by atoms with E-state index >= 15 is 0 Å². The van der Waals surface area contributed by atoms with Gasteiger partial charge in [-0.3, -0.25) is 0 Å². The summed E-state index contributed by atoms with van der Waals surface area (Å²) >= 11 is 0. The van der Waals surface area contributed by atoms with Crippen LogP contribution < -0.4 is 18.9 Å². The summed E-state index contributed by atoms with van der Waals surface area (Å²) in [6, 6.07) is 25.8. The number of rotatable bonds is 8. The molecule has 0 fully saturated rings. The van der Waals surface area contributed by atoms with Crippen molar-refractivity contribution in [2.24, 2.45) is 5.16 Å². The number of benzene rings is 4. The monoisotopic (exact) mass is 573 g/mol. The van der Waals surface area contributed by atoms with E-state index in [0.29, 0.717) is 28.9 Å². The Bertz CT molecular complexity index is 1990. The van der Waals surface area contributed by atoms with E-state index in [1.165, 1.54) is 0 Å². The molecular formula is C33H27N5O5. The summed E-state index contributed by atoms with van der Waals surface area (Å²) in [7, 11) is 4.88. The van der Waals surface area contributed by atoms with Gasteiger partial charge in [0.15, 0.2) is 29.6 Å². The number of hydrogen-bond donors (Lipinski definition) is 0. The van der Waals surface area contributed by atoms with Crippen molar-refractivity contribution in [1.29, 1.82) is 0 Å². The second-order valence-electron chi connectivity index (χ2n) is 9.90. The van der Waals surface area contributed by atoms with Gasteiger partial charge in [0, 0.05) is 16.9 Å². The van der Waals surface area contributed by atoms with E-state index in [2.05, 4.69) is 39.5 Å². The quantitative estimate of drug-likeness (QED) is 0.158. The van der Waals surface area contributed by atoms with Gasteiger partial charge >= 0.3 is 0 Å². The third-order valence-corrected chi connectivity index (χ3v) is 7.47. The third-order valence-electron chi connectivity index (χ3n) is 7.47. The molecule has 1 aliphatic rings. The van der Waals surface area contributed by atoms with E-state index in [0.717, 1.165) is 44.5 Å². The van der Waals surface area contributed by atoms with Crippen LogP contribution in [0.15, 0.2) is 90.3 Å². The maximum absolute atomic E-state index is 6.51. The van der Waals surface area contributed by atoms with Crippen LogP contribution in [0.1, 0.15) is 34.0 Å². The first-order chi connectivity index (χ1) is 21.2. The second-order valence-corrected chi connectivity index (χ2v) is 9.90. The lowest BCUT2D eigenvalue weighted by Gasteiger charge is -2.29. The minimum atomic E-state index is -0.273. The molecule has 214 valence electrons. The van der Waals surface area contributed by atoms with Crippen LogP contribution in [-0.2, 0) is 11.4 Å². The van der Waals surface area contributed by atoms with Gasteiger partial charge in [-0.05, 0) is 52.9 Å². The van der Waals surface area contributed by atoms with Gasteiger partial charge < -0.3 is 23.8 Å². The predicted molar refractivity (Wildman–Crippen MR) is 161 cm³/mol. The van der Waals surface area contributed by atoms with Crippen molar-refractivity contribution in [1.82, 2.24) is 19.6 Å². The van der Waals surface area contributed by atoms with E-state index < -0.39 is 0 Å². The van der Waals surface area contributed by atoms with Gasteiger partial charge in [-0.1, -0.05) is 47.6 Å². The minimum absolute atomic E-state index is 0.0756. The fourth-order valence-electron chi connectivity index (χ4n) is 5.41. The molecule has 7 rings (SSSR count). The molecule has 0 radical (unpaired) electrons. The number of hydrogen-bond acceptors (Lipinski definition) is 9. The molecule has 0 aliphatic carbocycles. The molecule has 1 aliphatic heterocycles. The largest absolute Gasteiger partial charge is 0.497 e. The Kier molecular flexibility index (Phi) is 6.71. The number of ether oxygens (including phenoxy) is 4. The molecule has 0 saturated heterocycles. The highest BCUT2D eigenvalue weighted by Gasteiger charge is 2.34. The lowest BCUT2D eigenvalue weighted by atomic mass is 9.82. The average Bonchev–Trinajstić information content (AvgIpc) is 3.49. The van der Waals surface area contributed by atoms with Crippen molar-refractivity contribution in [3.05, 3.63) is 113 Å². The zero-order chi connectivity index (χ0) is 29.3. The van der Waals surface area contributed by atoms with Crippen LogP contribution in [-0.4, -0.2) is 47.1 Å². The lowest BCUT2D eigenvalue weighted by molar-refractivity contribution is 0.126. The van der Waals surface area contributed by atoms with Crippen LogP contribution in [0.2, 0.25) is 0 Å². The van der Waals surface area contributed by atoms with Crippen molar-refractivity contribution < 1.29 is 23.8 Å². The average molecular weight is 574 g/mol. The summed E-state index contributed by atoms with van der Waals surface area (Å²) in [5.41, 5.74) is 4.24. The number of methoxy groups -OCH3 is 3. The fraction of sp³-hybridized carbons (Fsp3) is 0.152. The molecule has 6 aromatic rings. The van der Waals surface area contributed by atoms with E-state index in [9.17, 15) is 0 Å². The Morgan fingerprint density at radius 1 is 0.907 bits per heavy atom. The van der Waals surface area contributed by atoms with Crippen molar-refractivity contribution in [2.75, 3.05) is 21.3 Å². The summed E-state index contributed by atoms with van der Waals surface area (Å²) in [6.07, 6.45) is 3.23. The highest BCUT2D eigenvalue weighted by Crippen LogP contribution is 2.51. The van der Waals surface area contributed by atoms with Gasteiger partial charge in [0.25, 0.3) is 0 Å². The van der Waals surface area contributed by atoms with Gasteiger partial charge in [-0.25, -0.2) is 14.5 Å². The fourth-order valence-corrected chi connectivity index (χ4v) is 5.41. The molecule has 2 aromatic heterocycles. The topological polar surface area (TPSA) is 102 Å². The van der Waals surface area contributed by atoms with E-state index in [4.69, 9.17) is 28.8 Å². The van der Waals surface area contributed by atoms with Crippen molar-refractivity contribution in [2.45, 2.75) is 12.5 Å². The van der Waals surface area contributed by atoms with E-state index in [-0.39, 0.29) is 12.5 Å². The molecule has 43 heavy (non-hydrogen) atoms. The first-order valence-corrected chi connectivity index (χ1v) is 13.6. The normalized spacial score (nSPS) is 13.9. The SMILES string of the molecule is COc1ccc(/C=N\OCc2nc3c4c(ncn3n2)Oc2c(ccc3ccccc23)[C@H]4c2ccc(OC)c(OC)c2)cc1. The first kappa shape index (κ1) is 26.3. The zero-order valence-electron chi connectivity index (χ0n) is 23.7. The molecule has 0 bridgehead atoms. The first-order valence-electron chi connectivity index (χ1n) is 13.6. The molecule has 10 heteroatoms. The predicted octanol–water partition coefficient (Wildman–Crippen LogP) is 6.14. The summed E-state index contributed by atoms with van der Waals surface area (Å²) in [6.45, 7) is 0.0756. The maximum Gasteiger partial charge on any atom is 0.228 e. The molecule has 4 aromatic carbocycles. The Morgan fingerprint density at radius 2 is 1.74 bits per heavy atom. The maximum atomic E-state index is 6.51. The molecule has 0 saturated carbocycles. The van der Waals surface area contributed by atoms with Crippen LogP contribution in [0, 0.1) is 0 Å². The van der Waals surface area contributed by atoms with Crippen molar-refractivity contribution in [3.63, 3.8) is 0 Å². The molecule has 3 heterocycles. The van der Waals surface area contributed by atoms with E-state index in [1.807, 2.05) is 54.6 Å². The number of nitrogens with zero attached hydrogens (tertiary/aromatic N) is 5. The Labute approximate surface area is 247 Å². The van der Waals surface area contributed by atoms with Crippen LogP contribution in [0.4, 0.5) is 0 Å². The molecule has 0 N–H and O–H groups in total. The molecule has 1 atom stereocenters. The minimum Gasteiger partial charge on any atom is -0.497 e. The number of oxime groups is 1. The van der Waals surface area contributed by atoms with Gasteiger partial charge in [0.05, 0.1) is 33.1 Å². The molecular weight excluding hydrogens is 546 g/mol. The third kappa shape index (κ3) is 4.72. The van der Waals surface area contributed by atoms with Crippen LogP contribution >= 0.6 is 0 Å². The van der Waals surface area contributed by atoms with Gasteiger partial charge in [-0.2, -0.15) is 0 Å². The van der Waals surface area contributed by atoms with Crippen LogP contribution in [0.3, 0.4) is 0 Å². The van der Waals surface area contributed by atoms with Gasteiger partial charge in [0.2, 0.25) is 5.88 Å². The molecule has 10 nitrogen and oxygen atoms in total. The highest BCUT2D eigenvalue weighted by atomic mass is 16.6. The van der Waals surface area contributed by atoms with Gasteiger partial charge in [0.1, 0.15) is 17.8 Å². The number of fused-ring (bicyclic) bond motifs is 6. The second kappa shape index (κ2) is 11.0.